The number of carbonyl (C=O) groups is 2. The summed E-state index contributed by atoms with van der Waals surface area (Å²) in [5.74, 6) is -0.707. The summed E-state index contributed by atoms with van der Waals surface area (Å²) < 4.78 is 5.00. The second kappa shape index (κ2) is 9.20. The van der Waals surface area contributed by atoms with Gasteiger partial charge in [0.05, 0.1) is 0 Å². The number of amides is 1. The molecule has 0 saturated heterocycles. The Kier molecular flexibility index (Phi) is 6.98. The zero-order valence-electron chi connectivity index (χ0n) is 15.1. The number of nitrogens with one attached hydrogen (secondary N) is 1. The topological polar surface area (TPSA) is 55.4 Å². The molecule has 0 aliphatic rings. The highest BCUT2D eigenvalue weighted by Crippen LogP contribution is 2.27. The number of rotatable bonds is 6. The second-order valence-corrected chi connectivity index (χ2v) is 6.61. The van der Waals surface area contributed by atoms with Gasteiger partial charge in [0.2, 0.25) is 0 Å². The molecule has 2 rings (SSSR count). The average molecular weight is 372 g/mol. The Morgan fingerprint density at radius 3 is 2.58 bits per heavy atom. The Labute approximate surface area is 158 Å². The quantitative estimate of drug-likeness (QED) is 0.576. The maximum atomic E-state index is 12.1. The highest BCUT2D eigenvalue weighted by atomic mass is 35.5. The number of benzene rings is 2. The first-order chi connectivity index (χ1) is 12.4. The van der Waals surface area contributed by atoms with Crippen molar-refractivity contribution in [2.24, 2.45) is 0 Å². The van der Waals surface area contributed by atoms with Gasteiger partial charge in [0.25, 0.3) is 5.91 Å². The van der Waals surface area contributed by atoms with Crippen LogP contribution in [0.3, 0.4) is 0 Å². The van der Waals surface area contributed by atoms with Crippen LogP contribution in [0.1, 0.15) is 36.5 Å². The van der Waals surface area contributed by atoms with E-state index in [2.05, 4.69) is 19.2 Å². The number of carbonyl (C=O) groups excluding carboxylic acids is 2. The van der Waals surface area contributed by atoms with E-state index in [4.69, 9.17) is 16.3 Å². The first-order valence-electron chi connectivity index (χ1n) is 8.37. The molecule has 26 heavy (non-hydrogen) atoms. The lowest BCUT2D eigenvalue weighted by atomic mass is 9.98. The number of anilines is 1. The van der Waals surface area contributed by atoms with Gasteiger partial charge in [0.1, 0.15) is 0 Å². The standard InChI is InChI=1S/C21H22ClNO3/c1-14(2)17-9-6-7-15(3)21(17)23-19(24)13-26-20(25)12-11-16-8-4-5-10-18(16)22/h4-12,14H,13H2,1-3H3,(H,23,24)/b12-11+. The fourth-order valence-electron chi connectivity index (χ4n) is 2.47. The zero-order chi connectivity index (χ0) is 19.1. The molecule has 0 fully saturated rings. The molecule has 0 heterocycles. The molecule has 2 aromatic carbocycles. The molecule has 0 radical (unpaired) electrons. The molecular formula is C21H22ClNO3. The summed E-state index contributed by atoms with van der Waals surface area (Å²) in [6.45, 7) is 5.70. The van der Waals surface area contributed by atoms with Crippen molar-refractivity contribution in [2.75, 3.05) is 11.9 Å². The molecule has 0 aliphatic heterocycles. The fourth-order valence-corrected chi connectivity index (χ4v) is 2.67. The molecule has 1 amide bonds. The molecule has 0 unspecified atom stereocenters. The maximum absolute atomic E-state index is 12.1. The minimum absolute atomic E-state index is 0.270. The van der Waals surface area contributed by atoms with E-state index in [0.29, 0.717) is 10.6 Å². The summed E-state index contributed by atoms with van der Waals surface area (Å²) in [5.41, 5.74) is 3.49. The van der Waals surface area contributed by atoms with Gasteiger partial charge in [0.15, 0.2) is 6.61 Å². The lowest BCUT2D eigenvalue weighted by Crippen LogP contribution is -2.21. The molecule has 0 aliphatic carbocycles. The van der Waals surface area contributed by atoms with E-state index in [1.807, 2.05) is 31.2 Å². The summed E-state index contributed by atoms with van der Waals surface area (Å²) in [4.78, 5) is 23.9. The molecule has 0 aromatic heterocycles. The normalized spacial score (nSPS) is 11.0. The number of ether oxygens (including phenoxy) is 1. The number of halogens is 1. The second-order valence-electron chi connectivity index (χ2n) is 6.20. The third-order valence-electron chi connectivity index (χ3n) is 3.84. The predicted octanol–water partition coefficient (Wildman–Crippen LogP) is 4.97. The van der Waals surface area contributed by atoms with Crippen LogP contribution in [0.4, 0.5) is 5.69 Å². The summed E-state index contributed by atoms with van der Waals surface area (Å²) in [7, 11) is 0. The van der Waals surface area contributed by atoms with Crippen LogP contribution >= 0.6 is 11.6 Å². The number of aryl methyl sites for hydroxylation is 1. The summed E-state index contributed by atoms with van der Waals surface area (Å²) in [5, 5.41) is 3.37. The Balaban J connectivity index is 1.93. The third kappa shape index (κ3) is 5.46. The van der Waals surface area contributed by atoms with E-state index < -0.39 is 5.97 Å². The molecule has 0 bridgehead atoms. The van der Waals surface area contributed by atoms with Crippen LogP contribution in [-0.4, -0.2) is 18.5 Å². The molecule has 0 saturated carbocycles. The van der Waals surface area contributed by atoms with Crippen LogP contribution in [-0.2, 0) is 14.3 Å². The van der Waals surface area contributed by atoms with Crippen molar-refractivity contribution in [3.63, 3.8) is 0 Å². The molecule has 5 heteroatoms. The van der Waals surface area contributed by atoms with E-state index in [-0.39, 0.29) is 18.4 Å². The first kappa shape index (κ1) is 19.7. The number of hydrogen-bond acceptors (Lipinski definition) is 3. The van der Waals surface area contributed by atoms with Crippen molar-refractivity contribution in [3.05, 3.63) is 70.3 Å². The summed E-state index contributed by atoms with van der Waals surface area (Å²) in [6.07, 6.45) is 2.81. The smallest absolute Gasteiger partial charge is 0.331 e. The highest BCUT2D eigenvalue weighted by Gasteiger charge is 2.13. The fraction of sp³-hybridized carbons (Fsp3) is 0.238. The van der Waals surface area contributed by atoms with E-state index >= 15 is 0 Å². The largest absolute Gasteiger partial charge is 0.452 e. The lowest BCUT2D eigenvalue weighted by Gasteiger charge is -2.16. The number of esters is 1. The summed E-state index contributed by atoms with van der Waals surface area (Å²) >= 11 is 6.01. The van der Waals surface area contributed by atoms with Crippen LogP contribution < -0.4 is 5.32 Å². The van der Waals surface area contributed by atoms with Gasteiger partial charge in [-0.25, -0.2) is 4.79 Å². The van der Waals surface area contributed by atoms with E-state index in [1.165, 1.54) is 6.08 Å². The van der Waals surface area contributed by atoms with Gasteiger partial charge < -0.3 is 10.1 Å². The van der Waals surface area contributed by atoms with E-state index in [0.717, 1.165) is 16.8 Å². The van der Waals surface area contributed by atoms with Crippen LogP contribution in [0.25, 0.3) is 6.08 Å². The van der Waals surface area contributed by atoms with Crippen LogP contribution in [0.15, 0.2) is 48.5 Å². The Morgan fingerprint density at radius 2 is 1.88 bits per heavy atom. The molecule has 0 atom stereocenters. The Bertz CT molecular complexity index is 828. The van der Waals surface area contributed by atoms with Crippen molar-refractivity contribution in [3.8, 4) is 0 Å². The van der Waals surface area contributed by atoms with Gasteiger partial charge in [-0.1, -0.05) is 61.8 Å². The molecular weight excluding hydrogens is 350 g/mol. The van der Waals surface area contributed by atoms with Crippen molar-refractivity contribution < 1.29 is 14.3 Å². The lowest BCUT2D eigenvalue weighted by molar-refractivity contribution is -0.142. The van der Waals surface area contributed by atoms with Gasteiger partial charge in [-0.05, 0) is 41.7 Å². The third-order valence-corrected chi connectivity index (χ3v) is 4.19. The molecule has 1 N–H and O–H groups in total. The van der Waals surface area contributed by atoms with E-state index in [9.17, 15) is 9.59 Å². The van der Waals surface area contributed by atoms with Gasteiger partial charge in [0, 0.05) is 16.8 Å². The van der Waals surface area contributed by atoms with E-state index in [1.54, 1.807) is 24.3 Å². The number of hydrogen-bond donors (Lipinski definition) is 1. The highest BCUT2D eigenvalue weighted by molar-refractivity contribution is 6.32. The Hall–Kier alpha value is -2.59. The summed E-state index contributed by atoms with van der Waals surface area (Å²) in [6, 6.07) is 13.0. The van der Waals surface area contributed by atoms with Crippen LogP contribution in [0, 0.1) is 6.92 Å². The zero-order valence-corrected chi connectivity index (χ0v) is 15.8. The maximum Gasteiger partial charge on any atom is 0.331 e. The van der Waals surface area contributed by atoms with Crippen molar-refractivity contribution in [1.29, 1.82) is 0 Å². The minimum Gasteiger partial charge on any atom is -0.452 e. The SMILES string of the molecule is Cc1cccc(C(C)C)c1NC(=O)COC(=O)/C=C/c1ccccc1Cl. The van der Waals surface area contributed by atoms with Gasteiger partial charge in [-0.3, -0.25) is 4.79 Å². The monoisotopic (exact) mass is 371 g/mol. The van der Waals surface area contributed by atoms with Gasteiger partial charge in [-0.15, -0.1) is 0 Å². The molecule has 0 spiro atoms. The van der Waals surface area contributed by atoms with Crippen LogP contribution in [0.2, 0.25) is 5.02 Å². The minimum atomic E-state index is -0.603. The first-order valence-corrected chi connectivity index (χ1v) is 8.75. The number of para-hydroxylation sites is 1. The van der Waals surface area contributed by atoms with Gasteiger partial charge >= 0.3 is 5.97 Å². The average Bonchev–Trinajstić information content (AvgIpc) is 2.60. The molecule has 136 valence electrons. The van der Waals surface area contributed by atoms with Crippen molar-refractivity contribution in [1.82, 2.24) is 0 Å². The van der Waals surface area contributed by atoms with Crippen molar-refractivity contribution >= 4 is 35.2 Å². The molecule has 4 nitrogen and oxygen atoms in total. The molecule has 2 aromatic rings. The van der Waals surface area contributed by atoms with Crippen molar-refractivity contribution in [2.45, 2.75) is 26.7 Å². The van der Waals surface area contributed by atoms with Gasteiger partial charge in [-0.2, -0.15) is 0 Å². The van der Waals surface area contributed by atoms with Crippen LogP contribution in [0.5, 0.6) is 0 Å². The predicted molar refractivity (Wildman–Crippen MR) is 105 cm³/mol. The Morgan fingerprint density at radius 1 is 1.15 bits per heavy atom.